The van der Waals surface area contributed by atoms with Crippen LogP contribution in [0.5, 0.6) is 5.75 Å². The molecular formula is C21H30N2O4. The van der Waals surface area contributed by atoms with Crippen LogP contribution in [0, 0.1) is 0 Å². The predicted octanol–water partition coefficient (Wildman–Crippen LogP) is 2.72. The maximum absolute atomic E-state index is 12.6. The number of ether oxygens (including phenoxy) is 2. The average Bonchev–Trinajstić information content (AvgIpc) is 2.66. The van der Waals surface area contributed by atoms with Gasteiger partial charge in [0.25, 0.3) is 11.8 Å². The lowest BCUT2D eigenvalue weighted by molar-refractivity contribution is -0.139. The molecule has 0 aromatic heterocycles. The summed E-state index contributed by atoms with van der Waals surface area (Å²) in [6, 6.07) is 7.64. The van der Waals surface area contributed by atoms with Gasteiger partial charge in [0.1, 0.15) is 5.75 Å². The minimum atomic E-state index is 0.00407. The first-order valence-electron chi connectivity index (χ1n) is 9.90. The van der Waals surface area contributed by atoms with Gasteiger partial charge in [0, 0.05) is 24.2 Å². The second kappa shape index (κ2) is 8.74. The average molecular weight is 374 g/mol. The van der Waals surface area contributed by atoms with E-state index in [0.717, 1.165) is 12.8 Å². The normalized spacial score (nSPS) is 26.0. The highest BCUT2D eigenvalue weighted by Crippen LogP contribution is 2.23. The maximum atomic E-state index is 12.6. The molecule has 27 heavy (non-hydrogen) atoms. The van der Waals surface area contributed by atoms with E-state index in [1.54, 1.807) is 24.3 Å². The lowest BCUT2D eigenvalue weighted by atomic mass is 9.97. The Morgan fingerprint density at radius 2 is 1.74 bits per heavy atom. The summed E-state index contributed by atoms with van der Waals surface area (Å²) in [6.45, 7) is 7.97. The van der Waals surface area contributed by atoms with Crippen LogP contribution in [0.4, 0.5) is 0 Å². The molecule has 2 aliphatic rings. The van der Waals surface area contributed by atoms with Gasteiger partial charge >= 0.3 is 0 Å². The van der Waals surface area contributed by atoms with Crippen molar-refractivity contribution in [2.45, 2.75) is 58.2 Å². The predicted molar refractivity (Wildman–Crippen MR) is 103 cm³/mol. The number of piperidine rings is 1. The van der Waals surface area contributed by atoms with Crippen molar-refractivity contribution in [3.8, 4) is 5.75 Å². The smallest absolute Gasteiger partial charge is 0.260 e. The van der Waals surface area contributed by atoms with Crippen LogP contribution < -0.4 is 4.74 Å². The summed E-state index contributed by atoms with van der Waals surface area (Å²) in [4.78, 5) is 29.0. The zero-order valence-electron chi connectivity index (χ0n) is 16.5. The summed E-state index contributed by atoms with van der Waals surface area (Å²) in [5, 5.41) is 0. The van der Waals surface area contributed by atoms with Crippen LogP contribution in [0.15, 0.2) is 24.3 Å². The van der Waals surface area contributed by atoms with Gasteiger partial charge in [-0.15, -0.1) is 0 Å². The second-order valence-corrected chi connectivity index (χ2v) is 7.67. The van der Waals surface area contributed by atoms with Gasteiger partial charge in [0.05, 0.1) is 19.3 Å². The van der Waals surface area contributed by atoms with Crippen LogP contribution in [0.2, 0.25) is 0 Å². The highest BCUT2D eigenvalue weighted by Gasteiger charge is 2.29. The molecule has 2 fully saturated rings. The van der Waals surface area contributed by atoms with Gasteiger partial charge in [-0.25, -0.2) is 0 Å². The van der Waals surface area contributed by atoms with Gasteiger partial charge in [-0.2, -0.15) is 0 Å². The molecule has 0 bridgehead atoms. The van der Waals surface area contributed by atoms with E-state index in [0.29, 0.717) is 31.1 Å². The SMILES string of the molecule is C[C@@H]1CCC[C@H](C)N1C(=O)COc1ccc(C(=O)N2CCOC[C@@H]2C)cc1. The Balaban J connectivity index is 1.56. The van der Waals surface area contributed by atoms with Crippen LogP contribution in [0.1, 0.15) is 50.4 Å². The fourth-order valence-electron chi connectivity index (χ4n) is 4.02. The third kappa shape index (κ3) is 4.61. The molecule has 3 atom stereocenters. The zero-order valence-corrected chi connectivity index (χ0v) is 16.5. The van der Waals surface area contributed by atoms with Crippen molar-refractivity contribution in [2.24, 2.45) is 0 Å². The van der Waals surface area contributed by atoms with E-state index in [2.05, 4.69) is 13.8 Å². The minimum absolute atomic E-state index is 0.00407. The number of rotatable bonds is 4. The molecule has 6 heteroatoms. The van der Waals surface area contributed by atoms with Gasteiger partial charge in [0.2, 0.25) is 0 Å². The van der Waals surface area contributed by atoms with E-state index in [9.17, 15) is 9.59 Å². The molecule has 0 unspecified atom stereocenters. The highest BCUT2D eigenvalue weighted by molar-refractivity contribution is 5.94. The van der Waals surface area contributed by atoms with E-state index in [4.69, 9.17) is 9.47 Å². The quantitative estimate of drug-likeness (QED) is 0.813. The Morgan fingerprint density at radius 1 is 1.07 bits per heavy atom. The van der Waals surface area contributed by atoms with Crippen LogP contribution in [-0.4, -0.2) is 66.1 Å². The van der Waals surface area contributed by atoms with Gasteiger partial charge < -0.3 is 19.3 Å². The lowest BCUT2D eigenvalue weighted by Crippen LogP contribution is -2.49. The number of morpholine rings is 1. The molecule has 0 saturated carbocycles. The van der Waals surface area contributed by atoms with Crippen molar-refractivity contribution in [1.29, 1.82) is 0 Å². The number of hydrogen-bond donors (Lipinski definition) is 0. The van der Waals surface area contributed by atoms with Crippen LogP contribution in [0.25, 0.3) is 0 Å². The summed E-state index contributed by atoms with van der Waals surface area (Å²) >= 11 is 0. The van der Waals surface area contributed by atoms with Crippen LogP contribution in [0.3, 0.4) is 0 Å². The third-order valence-corrected chi connectivity index (χ3v) is 5.57. The van der Waals surface area contributed by atoms with Crippen molar-refractivity contribution >= 4 is 11.8 Å². The zero-order chi connectivity index (χ0) is 19.4. The van der Waals surface area contributed by atoms with Gasteiger partial charge in [0.15, 0.2) is 6.61 Å². The number of benzene rings is 1. The Bertz CT molecular complexity index is 651. The van der Waals surface area contributed by atoms with Crippen molar-refractivity contribution in [3.05, 3.63) is 29.8 Å². The molecular weight excluding hydrogens is 344 g/mol. The first-order valence-corrected chi connectivity index (χ1v) is 9.90. The molecule has 1 aromatic carbocycles. The minimum Gasteiger partial charge on any atom is -0.484 e. The molecule has 2 saturated heterocycles. The second-order valence-electron chi connectivity index (χ2n) is 7.67. The Labute approximate surface area is 161 Å². The lowest BCUT2D eigenvalue weighted by Gasteiger charge is -2.39. The molecule has 0 N–H and O–H groups in total. The largest absolute Gasteiger partial charge is 0.484 e. The fraction of sp³-hybridized carbons (Fsp3) is 0.619. The highest BCUT2D eigenvalue weighted by atomic mass is 16.5. The summed E-state index contributed by atoms with van der Waals surface area (Å²) in [5.74, 6) is 0.633. The third-order valence-electron chi connectivity index (χ3n) is 5.57. The van der Waals surface area contributed by atoms with Gasteiger partial charge in [-0.1, -0.05) is 0 Å². The standard InChI is InChI=1S/C21H30N2O4/c1-15-5-4-6-16(2)23(15)20(24)14-27-19-9-7-18(8-10-19)21(25)22-11-12-26-13-17(22)3/h7-10,15-17H,4-6,11-14H2,1-3H3/t15-,16+,17-/m0/s1. The first kappa shape index (κ1) is 19.7. The molecule has 1 aromatic rings. The molecule has 2 heterocycles. The first-order chi connectivity index (χ1) is 13.0. The Hall–Kier alpha value is -2.08. The maximum Gasteiger partial charge on any atom is 0.260 e. The summed E-state index contributed by atoms with van der Waals surface area (Å²) in [6.07, 6.45) is 3.27. The van der Waals surface area contributed by atoms with Gasteiger partial charge in [-0.05, 0) is 64.3 Å². The van der Waals surface area contributed by atoms with E-state index in [-0.39, 0.29) is 36.5 Å². The Kier molecular flexibility index (Phi) is 6.37. The number of carbonyl (C=O) groups excluding carboxylic acids is 2. The molecule has 148 valence electrons. The molecule has 2 aliphatic heterocycles. The number of likely N-dealkylation sites (tertiary alicyclic amines) is 1. The van der Waals surface area contributed by atoms with E-state index < -0.39 is 0 Å². The molecule has 0 aliphatic carbocycles. The molecule has 3 rings (SSSR count). The van der Waals surface area contributed by atoms with Crippen molar-refractivity contribution < 1.29 is 19.1 Å². The summed E-state index contributed by atoms with van der Waals surface area (Å²) in [7, 11) is 0. The molecule has 2 amide bonds. The van der Waals surface area contributed by atoms with Crippen LogP contribution >= 0.6 is 0 Å². The molecule has 0 radical (unpaired) electrons. The van der Waals surface area contributed by atoms with Crippen molar-refractivity contribution in [3.63, 3.8) is 0 Å². The van der Waals surface area contributed by atoms with Crippen LogP contribution in [-0.2, 0) is 9.53 Å². The number of hydrogen-bond acceptors (Lipinski definition) is 4. The van der Waals surface area contributed by atoms with E-state index in [1.165, 1.54) is 6.42 Å². The van der Waals surface area contributed by atoms with Crippen molar-refractivity contribution in [1.82, 2.24) is 9.80 Å². The number of amides is 2. The Morgan fingerprint density at radius 3 is 2.37 bits per heavy atom. The monoisotopic (exact) mass is 374 g/mol. The van der Waals surface area contributed by atoms with Gasteiger partial charge in [-0.3, -0.25) is 9.59 Å². The van der Waals surface area contributed by atoms with Crippen molar-refractivity contribution in [2.75, 3.05) is 26.4 Å². The topological polar surface area (TPSA) is 59.1 Å². The fourth-order valence-corrected chi connectivity index (χ4v) is 4.02. The molecule has 6 nitrogen and oxygen atoms in total. The molecule has 0 spiro atoms. The van der Waals surface area contributed by atoms with E-state index >= 15 is 0 Å². The number of carbonyl (C=O) groups is 2. The summed E-state index contributed by atoms with van der Waals surface area (Å²) < 4.78 is 11.1. The van der Waals surface area contributed by atoms with E-state index in [1.807, 2.05) is 16.7 Å². The summed E-state index contributed by atoms with van der Waals surface area (Å²) in [5.41, 5.74) is 0.626. The number of nitrogens with zero attached hydrogens (tertiary/aromatic N) is 2.